The quantitative estimate of drug-likeness (QED) is 0.0388. The molecule has 0 aromatic carbocycles. The highest BCUT2D eigenvalue weighted by atomic mass is 127. The number of nitrogens with one attached hydrogen (secondary N) is 3. The number of aliphatic carboxylic acids is 1. The number of carbonyl (C=O) groups excluding carboxylic acids is 5. The molecule has 0 rings (SSSR count). The van der Waals surface area contributed by atoms with E-state index in [4.69, 9.17) is 16.6 Å². The lowest BCUT2D eigenvalue weighted by molar-refractivity contribution is -0.141. The highest BCUT2D eigenvalue weighted by molar-refractivity contribution is 14.1. The summed E-state index contributed by atoms with van der Waals surface area (Å²) >= 11 is 2.15. The second-order valence-corrected chi connectivity index (χ2v) is 10.3. The molecule has 0 aromatic rings. The van der Waals surface area contributed by atoms with E-state index in [2.05, 4.69) is 38.5 Å². The number of rotatable bonds is 19. The molecule has 0 aliphatic rings. The van der Waals surface area contributed by atoms with Crippen molar-refractivity contribution in [3.05, 3.63) is 0 Å². The number of carboxylic acids is 1. The maximum absolute atomic E-state index is 12.8. The standard InChI is InChI=1S/C22H38IN5O8/c1-4-16(23)26-14(9-11(2)3)21(35)28-15(10-29)22(36)27-13(6-7-17(25)30)20(34)19(33)12(24)5-8-18(31)32/h11-16,26,29H,4-10,24H2,1-3H3,(H2,25,30)(H,27,36)(H,28,35)(H,31,32)/t12-,13-,14-,15-,16-/m0/s1. The van der Waals surface area contributed by atoms with Crippen LogP contribution in [0.15, 0.2) is 0 Å². The van der Waals surface area contributed by atoms with Gasteiger partial charge in [0, 0.05) is 12.8 Å². The van der Waals surface area contributed by atoms with Crippen molar-refractivity contribution in [2.24, 2.45) is 17.4 Å². The Hall–Kier alpha value is -2.17. The van der Waals surface area contributed by atoms with Crippen LogP contribution in [-0.2, 0) is 28.8 Å². The van der Waals surface area contributed by atoms with Gasteiger partial charge in [0.15, 0.2) is 0 Å². The van der Waals surface area contributed by atoms with Crippen LogP contribution in [0.3, 0.4) is 0 Å². The van der Waals surface area contributed by atoms with Crippen LogP contribution in [-0.4, -0.2) is 80.3 Å². The Morgan fingerprint density at radius 1 is 0.889 bits per heavy atom. The normalized spacial score (nSPS) is 15.3. The molecule has 0 saturated heterocycles. The van der Waals surface area contributed by atoms with Gasteiger partial charge in [-0.15, -0.1) is 0 Å². The van der Waals surface area contributed by atoms with Crippen LogP contribution in [0.5, 0.6) is 0 Å². The van der Waals surface area contributed by atoms with Gasteiger partial charge in [-0.2, -0.15) is 0 Å². The topological polar surface area (TPSA) is 231 Å². The molecule has 9 N–H and O–H groups in total. The molecule has 0 radical (unpaired) electrons. The number of halogens is 1. The summed E-state index contributed by atoms with van der Waals surface area (Å²) < 4.78 is -0.00865. The molecule has 14 heteroatoms. The van der Waals surface area contributed by atoms with Gasteiger partial charge in [0.2, 0.25) is 29.3 Å². The van der Waals surface area contributed by atoms with Gasteiger partial charge < -0.3 is 32.3 Å². The number of hydrogen-bond acceptors (Lipinski definition) is 9. The lowest BCUT2D eigenvalue weighted by Gasteiger charge is -2.26. The van der Waals surface area contributed by atoms with E-state index in [1.165, 1.54) is 0 Å². The first kappa shape index (κ1) is 33.8. The van der Waals surface area contributed by atoms with Crippen LogP contribution >= 0.6 is 22.6 Å². The molecule has 13 nitrogen and oxygen atoms in total. The second-order valence-electron chi connectivity index (χ2n) is 8.80. The molecule has 0 heterocycles. The summed E-state index contributed by atoms with van der Waals surface area (Å²) in [6.07, 6.45) is -0.205. The molecule has 0 saturated carbocycles. The molecular weight excluding hydrogens is 589 g/mol. The van der Waals surface area contributed by atoms with E-state index in [-0.39, 0.29) is 29.2 Å². The molecule has 0 unspecified atom stereocenters. The SMILES string of the molecule is CC[C@@H](I)N[C@@H](CC(C)C)C(=O)N[C@@H](CO)C(=O)N[C@@H](CCC(N)=O)C(=O)C(=O)[C@@H](N)CCC(=O)O. The Labute approximate surface area is 224 Å². The maximum Gasteiger partial charge on any atom is 0.303 e. The third-order valence-electron chi connectivity index (χ3n) is 5.14. The number of nitrogens with two attached hydrogens (primary N) is 2. The van der Waals surface area contributed by atoms with Crippen molar-refractivity contribution < 1.29 is 39.0 Å². The number of primary amides is 1. The lowest BCUT2D eigenvalue weighted by atomic mass is 9.96. The van der Waals surface area contributed by atoms with Gasteiger partial charge >= 0.3 is 5.97 Å². The molecule has 0 aromatic heterocycles. The fourth-order valence-electron chi connectivity index (χ4n) is 3.12. The van der Waals surface area contributed by atoms with Crippen molar-refractivity contribution in [1.29, 1.82) is 0 Å². The molecule has 3 amide bonds. The van der Waals surface area contributed by atoms with Crippen LogP contribution in [0.2, 0.25) is 0 Å². The number of carboxylic acid groups (broad SMARTS) is 1. The fourth-order valence-corrected chi connectivity index (χ4v) is 3.55. The summed E-state index contributed by atoms with van der Waals surface area (Å²) in [5.74, 6) is -5.58. The monoisotopic (exact) mass is 627 g/mol. The van der Waals surface area contributed by atoms with Crippen LogP contribution in [0.25, 0.3) is 0 Å². The second kappa shape index (κ2) is 17.3. The zero-order valence-corrected chi connectivity index (χ0v) is 22.9. The maximum atomic E-state index is 12.8. The van der Waals surface area contributed by atoms with Crippen molar-refractivity contribution in [2.45, 2.75) is 87.5 Å². The predicted octanol–water partition coefficient (Wildman–Crippen LogP) is -1.28. The van der Waals surface area contributed by atoms with Crippen molar-refractivity contribution in [3.63, 3.8) is 0 Å². The first-order valence-electron chi connectivity index (χ1n) is 11.7. The van der Waals surface area contributed by atoms with E-state index >= 15 is 0 Å². The first-order valence-corrected chi connectivity index (χ1v) is 12.9. The zero-order chi connectivity index (χ0) is 28.0. The average Bonchev–Trinajstić information content (AvgIpc) is 2.81. The predicted molar refractivity (Wildman–Crippen MR) is 139 cm³/mol. The third-order valence-corrected chi connectivity index (χ3v) is 6.38. The van der Waals surface area contributed by atoms with E-state index in [1.54, 1.807) is 0 Å². The smallest absolute Gasteiger partial charge is 0.303 e. The molecule has 206 valence electrons. The van der Waals surface area contributed by atoms with Gasteiger partial charge in [-0.1, -0.05) is 43.4 Å². The van der Waals surface area contributed by atoms with Gasteiger partial charge in [0.1, 0.15) is 6.04 Å². The van der Waals surface area contributed by atoms with Crippen molar-refractivity contribution in [3.8, 4) is 0 Å². The van der Waals surface area contributed by atoms with E-state index in [1.807, 2.05) is 20.8 Å². The Balaban J connectivity index is 5.52. The van der Waals surface area contributed by atoms with Gasteiger partial charge in [0.25, 0.3) is 0 Å². The molecule has 5 atom stereocenters. The number of alkyl halides is 1. The minimum Gasteiger partial charge on any atom is -0.481 e. The largest absolute Gasteiger partial charge is 0.481 e. The van der Waals surface area contributed by atoms with Gasteiger partial charge in [0.05, 0.1) is 28.8 Å². The van der Waals surface area contributed by atoms with E-state index in [0.717, 1.165) is 6.42 Å². The summed E-state index contributed by atoms with van der Waals surface area (Å²) in [5, 5.41) is 26.4. The first-order chi connectivity index (χ1) is 16.7. The summed E-state index contributed by atoms with van der Waals surface area (Å²) in [6, 6.07) is -5.02. The molecule has 0 aliphatic carbocycles. The summed E-state index contributed by atoms with van der Waals surface area (Å²) in [4.78, 5) is 72.7. The Morgan fingerprint density at radius 3 is 1.92 bits per heavy atom. The minimum absolute atomic E-state index is 0.00865. The molecule has 0 aliphatic heterocycles. The van der Waals surface area contributed by atoms with Crippen LogP contribution < -0.4 is 27.4 Å². The van der Waals surface area contributed by atoms with E-state index in [9.17, 15) is 33.9 Å². The third kappa shape index (κ3) is 13.2. The van der Waals surface area contributed by atoms with Gasteiger partial charge in [-0.05, 0) is 31.6 Å². The summed E-state index contributed by atoms with van der Waals surface area (Å²) in [5.41, 5.74) is 10.7. The van der Waals surface area contributed by atoms with Crippen LogP contribution in [0.1, 0.15) is 59.3 Å². The molecule has 0 spiro atoms. The number of Topliss-reactive ketones (excluding diaryl/α,β-unsaturated/α-hetero) is 2. The minimum atomic E-state index is -1.51. The van der Waals surface area contributed by atoms with Crippen molar-refractivity contribution in [2.75, 3.05) is 6.61 Å². The van der Waals surface area contributed by atoms with E-state index < -0.39 is 72.5 Å². The van der Waals surface area contributed by atoms with Gasteiger partial charge in [-0.3, -0.25) is 34.1 Å². The summed E-state index contributed by atoms with van der Waals surface area (Å²) in [7, 11) is 0. The molecule has 0 fully saturated rings. The highest BCUT2D eigenvalue weighted by Gasteiger charge is 2.33. The number of amides is 3. The Morgan fingerprint density at radius 2 is 1.44 bits per heavy atom. The van der Waals surface area contributed by atoms with Crippen LogP contribution in [0, 0.1) is 5.92 Å². The van der Waals surface area contributed by atoms with Crippen LogP contribution in [0.4, 0.5) is 0 Å². The average molecular weight is 627 g/mol. The number of hydrogen-bond donors (Lipinski definition) is 7. The molecule has 0 bridgehead atoms. The Kier molecular flexibility index (Phi) is 16.3. The van der Waals surface area contributed by atoms with Gasteiger partial charge in [-0.25, -0.2) is 0 Å². The van der Waals surface area contributed by atoms with Crippen molar-refractivity contribution in [1.82, 2.24) is 16.0 Å². The fraction of sp³-hybridized carbons (Fsp3) is 0.727. The number of ketones is 2. The zero-order valence-electron chi connectivity index (χ0n) is 20.8. The number of aliphatic hydroxyl groups is 1. The highest BCUT2D eigenvalue weighted by Crippen LogP contribution is 2.11. The van der Waals surface area contributed by atoms with E-state index in [0.29, 0.717) is 6.42 Å². The van der Waals surface area contributed by atoms with Crippen molar-refractivity contribution >= 4 is 57.8 Å². The Bertz CT molecular complexity index is 794. The molecular formula is C22H38IN5O8. The number of aliphatic hydroxyl groups excluding tert-OH is 1. The summed E-state index contributed by atoms with van der Waals surface area (Å²) in [6.45, 7) is 5.01. The molecule has 36 heavy (non-hydrogen) atoms. The lowest BCUT2D eigenvalue weighted by Crippen LogP contribution is -2.58. The number of carbonyl (C=O) groups is 6.